The van der Waals surface area contributed by atoms with Gasteiger partial charge in [0.25, 0.3) is 0 Å². The van der Waals surface area contributed by atoms with Crippen molar-refractivity contribution in [2.24, 2.45) is 11.3 Å². The molecule has 1 aliphatic rings. The molecule has 0 heterocycles. The number of hydrogen-bond acceptors (Lipinski definition) is 2. The summed E-state index contributed by atoms with van der Waals surface area (Å²) in [6.07, 6.45) is 6.41. The summed E-state index contributed by atoms with van der Waals surface area (Å²) in [5.41, 5.74) is -0.979. The average molecular weight is 210 g/mol. The van der Waals surface area contributed by atoms with E-state index in [4.69, 9.17) is 0 Å². The fourth-order valence-corrected chi connectivity index (χ4v) is 2.57. The van der Waals surface area contributed by atoms with Crippen LogP contribution < -0.4 is 0 Å². The van der Waals surface area contributed by atoms with Gasteiger partial charge in [-0.25, -0.2) is 0 Å². The van der Waals surface area contributed by atoms with Gasteiger partial charge in [0.1, 0.15) is 0 Å². The van der Waals surface area contributed by atoms with Crippen molar-refractivity contribution in [2.75, 3.05) is 0 Å². The second kappa shape index (κ2) is 4.09. The maximum Gasteiger partial charge on any atom is 0.152 e. The summed E-state index contributed by atoms with van der Waals surface area (Å²) in [6, 6.07) is 0. The molecule has 0 aromatic rings. The van der Waals surface area contributed by atoms with Gasteiger partial charge in [-0.15, -0.1) is 0 Å². The molecule has 0 saturated heterocycles. The van der Waals surface area contributed by atoms with E-state index in [0.29, 0.717) is 0 Å². The average Bonchev–Trinajstić information content (AvgIpc) is 2.11. The highest BCUT2D eigenvalue weighted by molar-refractivity contribution is 5.87. The van der Waals surface area contributed by atoms with Crippen LogP contribution in [0.25, 0.3) is 0 Å². The molecule has 0 aromatic carbocycles. The summed E-state index contributed by atoms with van der Waals surface area (Å²) >= 11 is 0. The second-order valence-corrected chi connectivity index (χ2v) is 5.45. The zero-order chi connectivity index (χ0) is 11.7. The van der Waals surface area contributed by atoms with E-state index in [2.05, 4.69) is 20.8 Å². The van der Waals surface area contributed by atoms with E-state index in [1.54, 1.807) is 6.08 Å². The summed E-state index contributed by atoms with van der Waals surface area (Å²) < 4.78 is 0. The molecule has 0 amide bonds. The topological polar surface area (TPSA) is 37.3 Å². The van der Waals surface area contributed by atoms with E-state index in [1.165, 1.54) is 13.0 Å². The van der Waals surface area contributed by atoms with Gasteiger partial charge in [0.15, 0.2) is 5.78 Å². The van der Waals surface area contributed by atoms with Gasteiger partial charge >= 0.3 is 0 Å². The van der Waals surface area contributed by atoms with Crippen LogP contribution in [-0.4, -0.2) is 16.5 Å². The first-order chi connectivity index (χ1) is 6.79. The molecule has 0 bridgehead atoms. The summed E-state index contributed by atoms with van der Waals surface area (Å²) in [4.78, 5) is 10.9. The van der Waals surface area contributed by atoms with Gasteiger partial charge in [0.05, 0.1) is 5.60 Å². The SMILES string of the molecule is CC(=O)C=C[C@@]1(O)[C@@H](C)CCCC1(C)C. The molecule has 0 spiro atoms. The molecule has 15 heavy (non-hydrogen) atoms. The molecule has 0 aromatic heterocycles. The Bertz CT molecular complexity index is 278. The molecule has 0 unspecified atom stereocenters. The Morgan fingerprint density at radius 2 is 2.07 bits per heavy atom. The molecule has 2 atom stereocenters. The van der Waals surface area contributed by atoms with Crippen LogP contribution >= 0.6 is 0 Å². The van der Waals surface area contributed by atoms with Crippen LogP contribution in [0.2, 0.25) is 0 Å². The van der Waals surface area contributed by atoms with E-state index in [1.807, 2.05) is 0 Å². The number of allylic oxidation sites excluding steroid dienone is 1. The maximum absolute atomic E-state index is 10.9. The van der Waals surface area contributed by atoms with E-state index in [0.717, 1.165) is 19.3 Å². The van der Waals surface area contributed by atoms with Gasteiger partial charge < -0.3 is 5.11 Å². The molecule has 1 N–H and O–H groups in total. The summed E-state index contributed by atoms with van der Waals surface area (Å²) in [6.45, 7) is 7.73. The molecule has 0 radical (unpaired) electrons. The Hall–Kier alpha value is -0.630. The lowest BCUT2D eigenvalue weighted by Gasteiger charge is -2.49. The van der Waals surface area contributed by atoms with E-state index in [-0.39, 0.29) is 17.1 Å². The second-order valence-electron chi connectivity index (χ2n) is 5.45. The van der Waals surface area contributed by atoms with Crippen LogP contribution in [0.3, 0.4) is 0 Å². The Morgan fingerprint density at radius 3 is 2.53 bits per heavy atom. The molecule has 1 fully saturated rings. The molecule has 1 rings (SSSR count). The van der Waals surface area contributed by atoms with Crippen molar-refractivity contribution < 1.29 is 9.90 Å². The highest BCUT2D eigenvalue weighted by atomic mass is 16.3. The van der Waals surface area contributed by atoms with Gasteiger partial charge in [0, 0.05) is 0 Å². The van der Waals surface area contributed by atoms with Crippen molar-refractivity contribution in [1.29, 1.82) is 0 Å². The van der Waals surface area contributed by atoms with Crippen molar-refractivity contribution in [2.45, 2.75) is 52.6 Å². The first-order valence-electron chi connectivity index (χ1n) is 5.72. The lowest BCUT2D eigenvalue weighted by atomic mass is 9.60. The van der Waals surface area contributed by atoms with Crippen LogP contribution in [0, 0.1) is 11.3 Å². The third-order valence-corrected chi connectivity index (χ3v) is 3.85. The molecule has 0 aliphatic heterocycles. The van der Waals surface area contributed by atoms with Crippen molar-refractivity contribution >= 4 is 5.78 Å². The summed E-state index contributed by atoms with van der Waals surface area (Å²) in [5, 5.41) is 10.7. The van der Waals surface area contributed by atoms with Gasteiger partial charge in [0.2, 0.25) is 0 Å². The monoisotopic (exact) mass is 210 g/mol. The minimum absolute atomic E-state index is 0.00278. The number of carbonyl (C=O) groups is 1. The van der Waals surface area contributed by atoms with Crippen LogP contribution in [0.5, 0.6) is 0 Å². The van der Waals surface area contributed by atoms with Crippen molar-refractivity contribution in [1.82, 2.24) is 0 Å². The van der Waals surface area contributed by atoms with E-state index < -0.39 is 5.60 Å². The highest BCUT2D eigenvalue weighted by Gasteiger charge is 2.47. The molecule has 86 valence electrons. The Balaban J connectivity index is 2.98. The minimum atomic E-state index is -0.836. The Morgan fingerprint density at radius 1 is 1.47 bits per heavy atom. The Labute approximate surface area is 92.4 Å². The fraction of sp³-hybridized carbons (Fsp3) is 0.769. The van der Waals surface area contributed by atoms with Crippen LogP contribution in [0.15, 0.2) is 12.2 Å². The van der Waals surface area contributed by atoms with E-state index >= 15 is 0 Å². The molecular weight excluding hydrogens is 188 g/mol. The van der Waals surface area contributed by atoms with Gasteiger partial charge in [-0.2, -0.15) is 0 Å². The number of carbonyl (C=O) groups excluding carboxylic acids is 1. The third kappa shape index (κ3) is 2.31. The largest absolute Gasteiger partial charge is 0.385 e. The zero-order valence-electron chi connectivity index (χ0n) is 10.2. The van der Waals surface area contributed by atoms with Crippen molar-refractivity contribution in [3.05, 3.63) is 12.2 Å². The highest BCUT2D eigenvalue weighted by Crippen LogP contribution is 2.47. The number of rotatable bonds is 2. The first-order valence-corrected chi connectivity index (χ1v) is 5.72. The van der Waals surface area contributed by atoms with Crippen LogP contribution in [0.1, 0.15) is 47.0 Å². The summed E-state index contributed by atoms with van der Waals surface area (Å²) in [7, 11) is 0. The van der Waals surface area contributed by atoms with E-state index in [9.17, 15) is 9.90 Å². The van der Waals surface area contributed by atoms with Crippen LogP contribution in [-0.2, 0) is 4.79 Å². The lowest BCUT2D eigenvalue weighted by molar-refractivity contribution is -0.113. The first kappa shape index (κ1) is 12.4. The number of aliphatic hydroxyl groups is 1. The third-order valence-electron chi connectivity index (χ3n) is 3.85. The molecule has 1 aliphatic carbocycles. The number of ketones is 1. The predicted octanol–water partition coefficient (Wildman–Crippen LogP) is 2.71. The quantitative estimate of drug-likeness (QED) is 0.711. The van der Waals surface area contributed by atoms with Crippen LogP contribution in [0.4, 0.5) is 0 Å². The molecular formula is C13H22O2. The molecule has 2 nitrogen and oxygen atoms in total. The van der Waals surface area contributed by atoms with Crippen molar-refractivity contribution in [3.8, 4) is 0 Å². The molecule has 1 saturated carbocycles. The minimum Gasteiger partial charge on any atom is -0.385 e. The normalized spacial score (nSPS) is 35.7. The zero-order valence-corrected chi connectivity index (χ0v) is 10.2. The smallest absolute Gasteiger partial charge is 0.152 e. The van der Waals surface area contributed by atoms with Crippen molar-refractivity contribution in [3.63, 3.8) is 0 Å². The summed E-state index contributed by atoms with van der Waals surface area (Å²) in [5.74, 6) is 0.217. The number of hydrogen-bond donors (Lipinski definition) is 1. The standard InChI is InChI=1S/C13H22O2/c1-10-6-5-8-12(3,4)13(10,15)9-7-11(2)14/h7,9-10,15H,5-6,8H2,1-4H3/t10-,13+/m0/s1. The maximum atomic E-state index is 10.9. The van der Waals surface area contributed by atoms with Gasteiger partial charge in [-0.05, 0) is 43.3 Å². The molecule has 2 heteroatoms. The predicted molar refractivity (Wildman–Crippen MR) is 61.6 cm³/mol. The van der Waals surface area contributed by atoms with Gasteiger partial charge in [-0.1, -0.05) is 27.2 Å². The van der Waals surface area contributed by atoms with Gasteiger partial charge in [-0.3, -0.25) is 4.79 Å². The Kier molecular flexibility index (Phi) is 3.39. The fourth-order valence-electron chi connectivity index (χ4n) is 2.57. The lowest BCUT2D eigenvalue weighted by Crippen LogP contribution is -2.51.